The van der Waals surface area contributed by atoms with Gasteiger partial charge in [0.15, 0.2) is 0 Å². The Morgan fingerprint density at radius 2 is 1.85 bits per heavy atom. The van der Waals surface area contributed by atoms with Crippen molar-refractivity contribution in [3.8, 4) is 0 Å². The molecule has 2 aromatic carbocycles. The van der Waals surface area contributed by atoms with Gasteiger partial charge in [-0.3, -0.25) is 9.62 Å². The standard InChI is InChI=1S/C18H23BrN2O4S/c1-18(23,20-10-11-22)15-8-9-16(19)17(12-15)21(26(2,24)25)13-14-6-4-3-5-7-14/h3-9,12,20,22-23H,10-11,13H2,1-2H3. The largest absolute Gasteiger partial charge is 0.395 e. The summed E-state index contributed by atoms with van der Waals surface area (Å²) in [6, 6.07) is 14.3. The molecule has 8 heteroatoms. The summed E-state index contributed by atoms with van der Waals surface area (Å²) in [4.78, 5) is 0. The first-order valence-electron chi connectivity index (χ1n) is 8.05. The molecule has 2 rings (SSSR count). The molecule has 6 nitrogen and oxygen atoms in total. The number of anilines is 1. The van der Waals surface area contributed by atoms with Crippen molar-refractivity contribution in [1.82, 2.24) is 5.32 Å². The molecule has 0 aliphatic carbocycles. The van der Waals surface area contributed by atoms with Gasteiger partial charge in [0.2, 0.25) is 10.0 Å². The molecule has 0 amide bonds. The average molecular weight is 443 g/mol. The summed E-state index contributed by atoms with van der Waals surface area (Å²) >= 11 is 3.41. The van der Waals surface area contributed by atoms with Crippen LogP contribution < -0.4 is 9.62 Å². The molecule has 0 radical (unpaired) electrons. The number of aliphatic hydroxyl groups excluding tert-OH is 1. The summed E-state index contributed by atoms with van der Waals surface area (Å²) in [5.41, 5.74) is 0.361. The molecule has 0 saturated carbocycles. The van der Waals surface area contributed by atoms with Gasteiger partial charge in [-0.2, -0.15) is 0 Å². The summed E-state index contributed by atoms with van der Waals surface area (Å²) in [5.74, 6) is 0. The Morgan fingerprint density at radius 1 is 1.19 bits per heavy atom. The smallest absolute Gasteiger partial charge is 0.232 e. The Kier molecular flexibility index (Phi) is 6.81. The minimum Gasteiger partial charge on any atom is -0.395 e. The van der Waals surface area contributed by atoms with Gasteiger partial charge >= 0.3 is 0 Å². The second-order valence-electron chi connectivity index (χ2n) is 6.14. The average Bonchev–Trinajstić information content (AvgIpc) is 2.58. The van der Waals surface area contributed by atoms with Crippen LogP contribution in [0.4, 0.5) is 5.69 Å². The predicted molar refractivity (Wildman–Crippen MR) is 106 cm³/mol. The van der Waals surface area contributed by atoms with Crippen molar-refractivity contribution in [1.29, 1.82) is 0 Å². The van der Waals surface area contributed by atoms with Crippen LogP contribution >= 0.6 is 15.9 Å². The van der Waals surface area contributed by atoms with Gasteiger partial charge in [0.1, 0.15) is 5.72 Å². The lowest BCUT2D eigenvalue weighted by Crippen LogP contribution is -2.41. The zero-order chi connectivity index (χ0) is 19.4. The van der Waals surface area contributed by atoms with Gasteiger partial charge in [-0.25, -0.2) is 8.42 Å². The van der Waals surface area contributed by atoms with E-state index in [-0.39, 0.29) is 19.7 Å². The highest BCUT2D eigenvalue weighted by Crippen LogP contribution is 2.33. The minimum absolute atomic E-state index is 0.122. The molecule has 0 aromatic heterocycles. The van der Waals surface area contributed by atoms with E-state index < -0.39 is 15.7 Å². The van der Waals surface area contributed by atoms with Crippen LogP contribution in [-0.2, 0) is 22.3 Å². The number of aliphatic hydroxyl groups is 2. The van der Waals surface area contributed by atoms with Crippen LogP contribution in [0.5, 0.6) is 0 Å². The number of nitrogens with one attached hydrogen (secondary N) is 1. The molecule has 0 aliphatic rings. The van der Waals surface area contributed by atoms with Crippen LogP contribution in [0.2, 0.25) is 0 Å². The van der Waals surface area contributed by atoms with Crippen molar-refractivity contribution in [3.05, 3.63) is 64.1 Å². The van der Waals surface area contributed by atoms with E-state index in [1.807, 2.05) is 30.3 Å². The Morgan fingerprint density at radius 3 is 2.42 bits per heavy atom. The van der Waals surface area contributed by atoms with Gasteiger partial charge in [0.05, 0.1) is 25.1 Å². The first kappa shape index (κ1) is 20.9. The van der Waals surface area contributed by atoms with E-state index in [2.05, 4.69) is 21.2 Å². The quantitative estimate of drug-likeness (QED) is 0.545. The lowest BCUT2D eigenvalue weighted by atomic mass is 10.0. The summed E-state index contributed by atoms with van der Waals surface area (Å²) < 4.78 is 26.7. The predicted octanol–water partition coefficient (Wildman–Crippen LogP) is 2.16. The zero-order valence-corrected chi connectivity index (χ0v) is 17.1. The fourth-order valence-corrected chi connectivity index (χ4v) is 4.01. The van der Waals surface area contributed by atoms with Crippen molar-refractivity contribution in [3.63, 3.8) is 0 Å². The molecule has 0 bridgehead atoms. The molecule has 1 atom stereocenters. The maximum atomic E-state index is 12.4. The van der Waals surface area contributed by atoms with E-state index >= 15 is 0 Å². The monoisotopic (exact) mass is 442 g/mol. The van der Waals surface area contributed by atoms with E-state index in [0.29, 0.717) is 15.7 Å². The summed E-state index contributed by atoms with van der Waals surface area (Å²) in [5, 5.41) is 22.4. The fraction of sp³-hybridized carbons (Fsp3) is 0.333. The minimum atomic E-state index is -3.56. The summed E-state index contributed by atoms with van der Waals surface area (Å²) in [6.45, 7) is 1.81. The number of benzene rings is 2. The molecule has 0 fully saturated rings. The highest BCUT2D eigenvalue weighted by atomic mass is 79.9. The third kappa shape index (κ3) is 5.28. The SMILES string of the molecule is CC(O)(NCCO)c1ccc(Br)c(N(Cc2ccccc2)S(C)(=O)=O)c1. The first-order valence-corrected chi connectivity index (χ1v) is 10.7. The molecule has 3 N–H and O–H groups in total. The molecule has 0 aliphatic heterocycles. The second-order valence-corrected chi connectivity index (χ2v) is 8.91. The van der Waals surface area contributed by atoms with Gasteiger partial charge in [0, 0.05) is 16.6 Å². The van der Waals surface area contributed by atoms with E-state index in [0.717, 1.165) is 11.8 Å². The van der Waals surface area contributed by atoms with Crippen molar-refractivity contribution >= 4 is 31.6 Å². The van der Waals surface area contributed by atoms with Crippen LogP contribution in [0.1, 0.15) is 18.1 Å². The van der Waals surface area contributed by atoms with Gasteiger partial charge in [-0.15, -0.1) is 0 Å². The van der Waals surface area contributed by atoms with Gasteiger partial charge < -0.3 is 10.2 Å². The van der Waals surface area contributed by atoms with Crippen LogP contribution in [0.3, 0.4) is 0 Å². The molecule has 0 saturated heterocycles. The molecular formula is C18H23BrN2O4S. The fourth-order valence-electron chi connectivity index (χ4n) is 2.54. The van der Waals surface area contributed by atoms with E-state index in [4.69, 9.17) is 5.11 Å². The van der Waals surface area contributed by atoms with E-state index in [9.17, 15) is 13.5 Å². The number of sulfonamides is 1. The first-order chi connectivity index (χ1) is 12.1. The normalized spacial score (nSPS) is 14.0. The molecular weight excluding hydrogens is 420 g/mol. The second kappa shape index (κ2) is 8.49. The van der Waals surface area contributed by atoms with Crippen LogP contribution in [-0.4, -0.2) is 38.0 Å². The third-order valence-electron chi connectivity index (χ3n) is 3.93. The lowest BCUT2D eigenvalue weighted by molar-refractivity contribution is 0.0160. The van der Waals surface area contributed by atoms with Crippen molar-refractivity contribution in [2.45, 2.75) is 19.2 Å². The molecule has 26 heavy (non-hydrogen) atoms. The molecule has 142 valence electrons. The van der Waals surface area contributed by atoms with Crippen LogP contribution in [0.15, 0.2) is 53.0 Å². The summed E-state index contributed by atoms with van der Waals surface area (Å²) in [7, 11) is -3.56. The maximum Gasteiger partial charge on any atom is 0.232 e. The maximum absolute atomic E-state index is 12.4. The number of rotatable bonds is 8. The highest BCUT2D eigenvalue weighted by Gasteiger charge is 2.26. The Hall–Kier alpha value is -1.45. The number of nitrogens with zero attached hydrogens (tertiary/aromatic N) is 1. The van der Waals surface area contributed by atoms with E-state index in [1.165, 1.54) is 4.31 Å². The summed E-state index contributed by atoms with van der Waals surface area (Å²) in [6.07, 6.45) is 1.15. The van der Waals surface area contributed by atoms with Crippen molar-refractivity contribution in [2.75, 3.05) is 23.7 Å². The van der Waals surface area contributed by atoms with E-state index in [1.54, 1.807) is 25.1 Å². The zero-order valence-electron chi connectivity index (χ0n) is 14.7. The van der Waals surface area contributed by atoms with Crippen molar-refractivity contribution in [2.24, 2.45) is 0 Å². The molecule has 1 unspecified atom stereocenters. The number of halogens is 1. The third-order valence-corrected chi connectivity index (χ3v) is 5.72. The highest BCUT2D eigenvalue weighted by molar-refractivity contribution is 9.10. The molecule has 0 heterocycles. The van der Waals surface area contributed by atoms with Gasteiger partial charge in [-0.05, 0) is 40.5 Å². The Balaban J connectivity index is 2.46. The number of hydrogen-bond donors (Lipinski definition) is 3. The van der Waals surface area contributed by atoms with Gasteiger partial charge in [0.25, 0.3) is 0 Å². The Labute approximate surface area is 162 Å². The van der Waals surface area contributed by atoms with Crippen LogP contribution in [0, 0.1) is 0 Å². The number of hydrogen-bond acceptors (Lipinski definition) is 5. The molecule has 0 spiro atoms. The van der Waals surface area contributed by atoms with Crippen LogP contribution in [0.25, 0.3) is 0 Å². The molecule has 2 aromatic rings. The Bertz CT molecular complexity index is 842. The topological polar surface area (TPSA) is 89.9 Å². The van der Waals surface area contributed by atoms with Gasteiger partial charge in [-0.1, -0.05) is 36.4 Å². The lowest BCUT2D eigenvalue weighted by Gasteiger charge is -2.29. The van der Waals surface area contributed by atoms with Crippen molar-refractivity contribution < 1.29 is 18.6 Å².